The molecule has 0 spiro atoms. The van der Waals surface area contributed by atoms with E-state index in [1.807, 2.05) is 256 Å². The predicted molar refractivity (Wildman–Crippen MR) is 519 cm³/mol. The van der Waals surface area contributed by atoms with E-state index in [1.54, 1.807) is 55.5 Å². The highest BCUT2D eigenvalue weighted by molar-refractivity contribution is 9.09. The molecule has 0 atom stereocenters. The standard InChI is InChI=1S/C22H18O2.C15H24N2O3.C14H20N4O3.C14H22N2O3.C10H11BrO.C10H11ClO.C9H10O.C8H9NO.CH4/c1-16-7-11-18(12-8-16)21(23)15-17-9-13-20(14-10-17)22(24)19-5-3-2-4-6-19;1-13-2-4-14(5-3-13)12-15(18)17-7-9-20-11-10-19-8-6-16;1-12-2-4-13(5-3-12)14(19)16-6-8-20-10-11-21-9-7-17-18-15;1-12-2-4-13(5-3-12)14(17)16-7-9-19-11-10-18-8-6-15;2*1-8-2-4-9(5-3-8)6-10(12)7-11;1-7-3-5-9(6-4-7)8(2)10;1-6-2-4-7(5-3-6)8(9)10;/h2-14H,15H2,1H3;2-5H,6-12,16H2,1H3,(H,17,18);2-5H,6-11H2,1H3,(H,16,19);2-5H,6-11,15H2,1H3,(H,16,17);2*2-5H,6-7H2,1H3;3-6H,1-2H3;2-5H,1H3,(H2,9,10);1H4. The van der Waals surface area contributed by atoms with Gasteiger partial charge in [-0.3, -0.25) is 43.2 Å². The third kappa shape index (κ3) is 54.9. The van der Waals surface area contributed by atoms with Crippen molar-refractivity contribution in [2.24, 2.45) is 22.3 Å². The molecule has 0 aliphatic carbocycles. The van der Waals surface area contributed by atoms with Gasteiger partial charge in [-0.15, -0.1) is 11.6 Å². The van der Waals surface area contributed by atoms with E-state index in [2.05, 4.69) is 41.9 Å². The van der Waals surface area contributed by atoms with Crippen LogP contribution in [-0.2, 0) is 68.5 Å². The molecule has 129 heavy (non-hydrogen) atoms. The first kappa shape index (κ1) is 113. The third-order valence-corrected chi connectivity index (χ3v) is 18.8. The zero-order valence-corrected chi connectivity index (χ0v) is 77.4. The predicted octanol–water partition coefficient (Wildman–Crippen LogP) is 16.9. The van der Waals surface area contributed by atoms with Crippen molar-refractivity contribution in [3.05, 3.63) is 365 Å². The van der Waals surface area contributed by atoms with Crippen molar-refractivity contribution in [3.8, 4) is 0 Å². The van der Waals surface area contributed by atoms with Crippen molar-refractivity contribution in [1.29, 1.82) is 0 Å². The van der Waals surface area contributed by atoms with Crippen molar-refractivity contribution in [1.82, 2.24) is 16.0 Å². The van der Waals surface area contributed by atoms with Crippen molar-refractivity contribution in [3.63, 3.8) is 0 Å². The molecular formula is C103H129BrClN9O15. The van der Waals surface area contributed by atoms with Crippen molar-refractivity contribution < 1.29 is 71.6 Å². The topological polar surface area (TPSA) is 372 Å². The molecule has 0 fully saturated rings. The summed E-state index contributed by atoms with van der Waals surface area (Å²) in [5, 5.41) is 12.2. The summed E-state index contributed by atoms with van der Waals surface area (Å²) in [4.78, 5) is 106. The summed E-state index contributed by atoms with van der Waals surface area (Å²) in [6, 6.07) is 77.5. The molecule has 0 bridgehead atoms. The molecule has 0 saturated heterocycles. The van der Waals surface area contributed by atoms with Crippen LogP contribution in [0.1, 0.15) is 149 Å². The van der Waals surface area contributed by atoms with E-state index in [9.17, 15) is 43.2 Å². The first-order valence-electron chi connectivity index (χ1n) is 42.1. The number of Topliss-reactive ketones (excluding diaryl/α,β-unsaturated/α-hetero) is 4. The number of ether oxygens (including phenoxy) is 6. The fourth-order valence-corrected chi connectivity index (χ4v) is 10.9. The second kappa shape index (κ2) is 70.2. The fraction of sp³-hybridized carbons (Fsp3) is 0.330. The molecule has 690 valence electrons. The molecule has 26 heteroatoms. The van der Waals surface area contributed by atoms with Crippen LogP contribution in [-0.4, -0.2) is 182 Å². The summed E-state index contributed by atoms with van der Waals surface area (Å²) in [6.45, 7) is 26.3. The number of amides is 4. The van der Waals surface area contributed by atoms with Crippen molar-refractivity contribution in [2.75, 3.05) is 130 Å². The van der Waals surface area contributed by atoms with Crippen LogP contribution in [0.3, 0.4) is 0 Å². The number of halogens is 2. The van der Waals surface area contributed by atoms with E-state index >= 15 is 0 Å². The number of hydrogen-bond donors (Lipinski definition) is 6. The minimum atomic E-state index is -0.375. The lowest BCUT2D eigenvalue weighted by Gasteiger charge is -2.07. The highest BCUT2D eigenvalue weighted by atomic mass is 79.9. The minimum Gasteiger partial charge on any atom is -0.379 e. The summed E-state index contributed by atoms with van der Waals surface area (Å²) in [6.07, 6.45) is 1.72. The Labute approximate surface area is 775 Å². The Hall–Kier alpha value is -11.8. The molecule has 10 aromatic rings. The van der Waals surface area contributed by atoms with E-state index in [0.717, 1.165) is 50.1 Å². The van der Waals surface area contributed by atoms with E-state index in [-0.39, 0.29) is 65.9 Å². The van der Waals surface area contributed by atoms with Crippen LogP contribution < -0.4 is 33.2 Å². The number of alkyl halides is 2. The van der Waals surface area contributed by atoms with Gasteiger partial charge in [-0.1, -0.05) is 285 Å². The SMILES string of the molecule is C.CC(=O)c1ccc(C)cc1.Cc1ccc(C(=O)Cc2ccc(C(=O)c3ccccc3)cc2)cc1.Cc1ccc(C(=O)NCCOCCOCCN)cc1.Cc1ccc(C(=O)NCCOCCOCCN=[N+]=[N-])cc1.Cc1ccc(C(N)=O)cc1.Cc1ccc(CC(=O)CBr)cc1.Cc1ccc(CC(=O)CCl)cc1.Cc1ccc(CC(=O)NCCOCCOCCN)cc1. The number of ketones is 5. The molecule has 0 aliphatic rings. The van der Waals surface area contributed by atoms with Gasteiger partial charge in [0.05, 0.1) is 96.9 Å². The van der Waals surface area contributed by atoms with Gasteiger partial charge in [-0.25, -0.2) is 0 Å². The molecule has 0 aliphatic heterocycles. The van der Waals surface area contributed by atoms with Gasteiger partial charge in [0.1, 0.15) is 5.78 Å². The average Bonchev–Trinajstić information content (AvgIpc) is 0.839. The average molecular weight is 1850 g/mol. The second-order valence-corrected chi connectivity index (χ2v) is 30.0. The van der Waals surface area contributed by atoms with Crippen LogP contribution in [0.4, 0.5) is 0 Å². The van der Waals surface area contributed by atoms with Gasteiger partial charge in [-0.2, -0.15) is 0 Å². The Morgan fingerprint density at radius 1 is 0.357 bits per heavy atom. The smallest absolute Gasteiger partial charge is 0.251 e. The Bertz CT molecular complexity index is 4760. The molecule has 24 nitrogen and oxygen atoms in total. The lowest BCUT2D eigenvalue weighted by atomic mass is 9.98. The largest absolute Gasteiger partial charge is 0.379 e. The highest BCUT2D eigenvalue weighted by Gasteiger charge is 2.13. The minimum absolute atomic E-state index is 0. The number of hydrogen-bond acceptors (Lipinski definition) is 18. The quantitative estimate of drug-likeness (QED) is 0.00517. The number of aryl methyl sites for hydroxylation is 8. The summed E-state index contributed by atoms with van der Waals surface area (Å²) >= 11 is 8.52. The normalized spacial score (nSPS) is 9.99. The van der Waals surface area contributed by atoms with Crippen molar-refractivity contribution in [2.45, 2.75) is 95.4 Å². The van der Waals surface area contributed by atoms with Crippen LogP contribution in [0.25, 0.3) is 10.4 Å². The highest BCUT2D eigenvalue weighted by Crippen LogP contribution is 2.16. The van der Waals surface area contributed by atoms with Gasteiger partial charge in [0.25, 0.3) is 11.8 Å². The number of primary amides is 1. The lowest BCUT2D eigenvalue weighted by Crippen LogP contribution is -2.29. The van der Waals surface area contributed by atoms with Gasteiger partial charge in [0, 0.05) is 102 Å². The van der Waals surface area contributed by atoms with Crippen LogP contribution in [0.15, 0.2) is 254 Å². The summed E-state index contributed by atoms with van der Waals surface area (Å²) in [5.41, 5.74) is 41.7. The van der Waals surface area contributed by atoms with Crippen LogP contribution in [0.5, 0.6) is 0 Å². The number of nitrogens with two attached hydrogens (primary N) is 3. The first-order valence-corrected chi connectivity index (χ1v) is 43.7. The first-order chi connectivity index (χ1) is 61.7. The number of azide groups is 1. The van der Waals surface area contributed by atoms with Gasteiger partial charge in [-0.05, 0) is 126 Å². The number of nitrogens with one attached hydrogen (secondary N) is 3. The molecule has 4 amide bonds. The maximum Gasteiger partial charge on any atom is 0.251 e. The maximum atomic E-state index is 12.4. The third-order valence-electron chi connectivity index (χ3n) is 17.9. The Balaban J connectivity index is 0.000000508. The number of carbonyl (C=O) groups is 9. The number of nitrogens with zero attached hydrogens (tertiary/aromatic N) is 3. The molecule has 0 radical (unpaired) electrons. The molecule has 0 saturated carbocycles. The van der Waals surface area contributed by atoms with Crippen LogP contribution in [0.2, 0.25) is 0 Å². The van der Waals surface area contributed by atoms with Gasteiger partial charge < -0.3 is 61.6 Å². The summed E-state index contributed by atoms with van der Waals surface area (Å²) in [5.74, 6) is 0.0426. The number of carbonyl (C=O) groups excluding carboxylic acids is 9. The van der Waals surface area contributed by atoms with Crippen LogP contribution in [0, 0.1) is 55.4 Å². The zero-order valence-electron chi connectivity index (χ0n) is 75.1. The molecule has 10 rings (SSSR count). The van der Waals surface area contributed by atoms with E-state index in [1.165, 1.54) is 22.3 Å². The van der Waals surface area contributed by atoms with Gasteiger partial charge >= 0.3 is 0 Å². The van der Waals surface area contributed by atoms with Crippen LogP contribution >= 0.6 is 27.5 Å². The fourth-order valence-electron chi connectivity index (χ4n) is 10.6. The van der Waals surface area contributed by atoms with Gasteiger partial charge in [0.15, 0.2) is 23.1 Å². The van der Waals surface area contributed by atoms with E-state index in [0.29, 0.717) is 183 Å². The summed E-state index contributed by atoms with van der Waals surface area (Å²) < 4.78 is 31.4. The van der Waals surface area contributed by atoms with Crippen molar-refractivity contribution >= 4 is 80.1 Å². The summed E-state index contributed by atoms with van der Waals surface area (Å²) in [7, 11) is 0. The van der Waals surface area contributed by atoms with E-state index in [4.69, 9.17) is 62.8 Å². The molecular weight excluding hydrogens is 1720 g/mol. The monoisotopic (exact) mass is 1850 g/mol. The Morgan fingerprint density at radius 2 is 0.651 bits per heavy atom. The number of benzene rings is 10. The maximum absolute atomic E-state index is 12.4. The number of rotatable bonds is 42. The molecule has 0 heterocycles. The molecule has 0 unspecified atom stereocenters. The molecule has 9 N–H and O–H groups in total. The van der Waals surface area contributed by atoms with Gasteiger partial charge in [0.2, 0.25) is 11.8 Å². The van der Waals surface area contributed by atoms with E-state index < -0.39 is 0 Å². The Morgan fingerprint density at radius 3 is 1.00 bits per heavy atom. The zero-order chi connectivity index (χ0) is 93.9. The second-order valence-electron chi connectivity index (χ2n) is 29.1. The lowest BCUT2D eigenvalue weighted by molar-refractivity contribution is -0.120. The molecule has 0 aromatic heterocycles. The molecule has 10 aromatic carbocycles. The Kier molecular flexibility index (Phi) is 61.6.